The van der Waals surface area contributed by atoms with E-state index in [2.05, 4.69) is 27.2 Å². The fourth-order valence-electron chi connectivity index (χ4n) is 1.32. The van der Waals surface area contributed by atoms with Crippen LogP contribution in [0.15, 0.2) is 35.3 Å². The fraction of sp³-hybridized carbons (Fsp3) is 0.417. The summed E-state index contributed by atoms with van der Waals surface area (Å²) in [5.74, 6) is 0.962. The molecule has 4 heteroatoms. The number of rotatable bonds is 6. The zero-order chi connectivity index (χ0) is 11.6. The summed E-state index contributed by atoms with van der Waals surface area (Å²) in [5, 5.41) is 3.12. The molecule has 0 amide bonds. The van der Waals surface area contributed by atoms with Gasteiger partial charge in [-0.15, -0.1) is 0 Å². The molecule has 0 aliphatic heterocycles. The molecule has 0 unspecified atom stereocenters. The van der Waals surface area contributed by atoms with Gasteiger partial charge in [-0.2, -0.15) is 0 Å². The largest absolute Gasteiger partial charge is 0.320 e. The van der Waals surface area contributed by atoms with E-state index in [0.717, 1.165) is 30.9 Å². The quantitative estimate of drug-likeness (QED) is 0.343. The zero-order valence-corrected chi connectivity index (χ0v) is 10.7. The van der Waals surface area contributed by atoms with Gasteiger partial charge in [0, 0.05) is 18.4 Å². The molecule has 1 aromatic rings. The first-order chi connectivity index (χ1) is 7.88. The Labute approximate surface area is 102 Å². The Morgan fingerprint density at radius 3 is 2.69 bits per heavy atom. The van der Waals surface area contributed by atoms with Crippen LogP contribution >= 0.6 is 11.9 Å². The van der Waals surface area contributed by atoms with Crippen LogP contribution in [0, 0.1) is 0 Å². The number of amidine groups is 1. The maximum Gasteiger partial charge on any atom is 0.138 e. The highest BCUT2D eigenvalue weighted by Gasteiger charge is 2.00. The van der Waals surface area contributed by atoms with Crippen molar-refractivity contribution in [2.75, 3.05) is 26.4 Å². The topological polar surface area (TPSA) is 36.4 Å². The molecule has 0 bridgehead atoms. The van der Waals surface area contributed by atoms with Gasteiger partial charge in [-0.05, 0) is 20.0 Å². The minimum absolute atomic E-state index is 0.846. The van der Waals surface area contributed by atoms with E-state index in [0.29, 0.717) is 0 Å². The summed E-state index contributed by atoms with van der Waals surface area (Å²) in [4.78, 5) is 4.57. The van der Waals surface area contributed by atoms with Crippen molar-refractivity contribution in [1.82, 2.24) is 10.0 Å². The smallest absolute Gasteiger partial charge is 0.138 e. The van der Waals surface area contributed by atoms with Crippen LogP contribution in [-0.2, 0) is 0 Å². The van der Waals surface area contributed by atoms with Crippen LogP contribution in [-0.4, -0.2) is 32.2 Å². The number of hydrogen-bond acceptors (Lipinski definition) is 3. The van der Waals surface area contributed by atoms with Crippen LogP contribution in [0.3, 0.4) is 0 Å². The third-order valence-electron chi connectivity index (χ3n) is 2.10. The molecule has 1 aromatic carbocycles. The van der Waals surface area contributed by atoms with E-state index in [-0.39, 0.29) is 0 Å². The first kappa shape index (κ1) is 13.1. The van der Waals surface area contributed by atoms with E-state index in [1.807, 2.05) is 31.5 Å². The molecule has 16 heavy (non-hydrogen) atoms. The van der Waals surface area contributed by atoms with E-state index < -0.39 is 0 Å². The van der Waals surface area contributed by atoms with Crippen LogP contribution in [0.1, 0.15) is 12.0 Å². The average molecular weight is 237 g/mol. The van der Waals surface area contributed by atoms with Gasteiger partial charge in [0.25, 0.3) is 0 Å². The van der Waals surface area contributed by atoms with Crippen LogP contribution < -0.4 is 10.0 Å². The summed E-state index contributed by atoms with van der Waals surface area (Å²) in [6.07, 6.45) is 3.06. The van der Waals surface area contributed by atoms with E-state index in [1.165, 1.54) is 0 Å². The van der Waals surface area contributed by atoms with Crippen LogP contribution in [0.4, 0.5) is 0 Å². The van der Waals surface area contributed by atoms with Crippen LogP contribution in [0.2, 0.25) is 0 Å². The Kier molecular flexibility index (Phi) is 6.69. The number of aliphatic imine (C=N–C) groups is 1. The number of hydrogen-bond donors (Lipinski definition) is 2. The lowest BCUT2D eigenvalue weighted by atomic mass is 10.2. The van der Waals surface area contributed by atoms with Gasteiger partial charge in [0.15, 0.2) is 0 Å². The zero-order valence-electron chi connectivity index (χ0n) is 9.86. The SMILES string of the molecule is CNCCCN=C(NSC)c1ccccc1. The van der Waals surface area contributed by atoms with Crippen molar-refractivity contribution < 1.29 is 0 Å². The molecule has 2 N–H and O–H groups in total. The predicted octanol–water partition coefficient (Wildman–Crippen LogP) is 1.91. The molecule has 88 valence electrons. The van der Waals surface area contributed by atoms with Crippen molar-refractivity contribution in [2.45, 2.75) is 6.42 Å². The molecular formula is C12H19N3S. The van der Waals surface area contributed by atoms with E-state index in [1.54, 1.807) is 11.9 Å². The molecule has 0 radical (unpaired) electrons. The van der Waals surface area contributed by atoms with Crippen molar-refractivity contribution in [2.24, 2.45) is 4.99 Å². The fourth-order valence-corrected chi connectivity index (χ4v) is 1.70. The van der Waals surface area contributed by atoms with Crippen molar-refractivity contribution in [3.63, 3.8) is 0 Å². The van der Waals surface area contributed by atoms with Gasteiger partial charge in [0.05, 0.1) is 0 Å². The minimum Gasteiger partial charge on any atom is -0.320 e. The molecule has 0 saturated heterocycles. The molecule has 0 aliphatic carbocycles. The third kappa shape index (κ3) is 4.68. The van der Waals surface area contributed by atoms with Gasteiger partial charge in [-0.1, -0.05) is 42.3 Å². The maximum absolute atomic E-state index is 4.57. The van der Waals surface area contributed by atoms with E-state index in [4.69, 9.17) is 0 Å². The average Bonchev–Trinajstić information content (AvgIpc) is 2.34. The molecule has 0 saturated carbocycles. The van der Waals surface area contributed by atoms with Gasteiger partial charge < -0.3 is 10.0 Å². The van der Waals surface area contributed by atoms with Gasteiger partial charge in [0.1, 0.15) is 5.84 Å². The number of nitrogens with zero attached hydrogens (tertiary/aromatic N) is 1. The molecule has 0 heterocycles. The first-order valence-electron chi connectivity index (χ1n) is 5.42. The Hall–Kier alpha value is -1.00. The lowest BCUT2D eigenvalue weighted by molar-refractivity contribution is 0.733. The Balaban J connectivity index is 2.60. The summed E-state index contributed by atoms with van der Waals surface area (Å²) in [7, 11) is 1.96. The van der Waals surface area contributed by atoms with Gasteiger partial charge in [0.2, 0.25) is 0 Å². The predicted molar refractivity (Wildman–Crippen MR) is 73.0 cm³/mol. The lowest BCUT2D eigenvalue weighted by Crippen LogP contribution is -2.18. The Morgan fingerprint density at radius 1 is 1.31 bits per heavy atom. The molecule has 1 rings (SSSR count). The molecule has 0 aliphatic rings. The van der Waals surface area contributed by atoms with Gasteiger partial charge in [-0.25, -0.2) is 0 Å². The second kappa shape index (κ2) is 8.19. The summed E-state index contributed by atoms with van der Waals surface area (Å²) in [6, 6.07) is 10.2. The molecule has 0 spiro atoms. The van der Waals surface area contributed by atoms with Crippen molar-refractivity contribution in [3.8, 4) is 0 Å². The van der Waals surface area contributed by atoms with Crippen LogP contribution in [0.5, 0.6) is 0 Å². The first-order valence-corrected chi connectivity index (χ1v) is 6.64. The van der Waals surface area contributed by atoms with Crippen molar-refractivity contribution >= 4 is 17.8 Å². The molecule has 3 nitrogen and oxygen atoms in total. The molecule has 0 aromatic heterocycles. The second-order valence-electron chi connectivity index (χ2n) is 3.36. The van der Waals surface area contributed by atoms with Gasteiger partial charge >= 0.3 is 0 Å². The Bertz CT molecular complexity index is 311. The highest BCUT2D eigenvalue weighted by molar-refractivity contribution is 7.97. The summed E-state index contributed by atoms with van der Waals surface area (Å²) >= 11 is 1.57. The molecule has 0 atom stereocenters. The summed E-state index contributed by atoms with van der Waals surface area (Å²) in [5.41, 5.74) is 1.14. The van der Waals surface area contributed by atoms with Crippen molar-refractivity contribution in [1.29, 1.82) is 0 Å². The number of benzene rings is 1. The second-order valence-corrected chi connectivity index (χ2v) is 3.97. The van der Waals surface area contributed by atoms with E-state index in [9.17, 15) is 0 Å². The normalized spacial score (nSPS) is 11.5. The minimum atomic E-state index is 0.846. The maximum atomic E-state index is 4.57. The molecule has 0 fully saturated rings. The van der Waals surface area contributed by atoms with Crippen molar-refractivity contribution in [3.05, 3.63) is 35.9 Å². The Morgan fingerprint density at radius 2 is 2.06 bits per heavy atom. The standard InChI is InChI=1S/C12H19N3S/c1-13-9-6-10-14-12(15-16-2)11-7-4-3-5-8-11/h3-5,7-8,13H,6,9-10H2,1-2H3,(H,14,15). The number of nitrogens with one attached hydrogen (secondary N) is 2. The summed E-state index contributed by atoms with van der Waals surface area (Å²) < 4.78 is 3.22. The highest BCUT2D eigenvalue weighted by Crippen LogP contribution is 2.02. The van der Waals surface area contributed by atoms with Crippen LogP contribution in [0.25, 0.3) is 0 Å². The highest BCUT2D eigenvalue weighted by atomic mass is 32.2. The lowest BCUT2D eigenvalue weighted by Gasteiger charge is -2.07. The monoisotopic (exact) mass is 237 g/mol. The van der Waals surface area contributed by atoms with Gasteiger partial charge in [-0.3, -0.25) is 4.99 Å². The summed E-state index contributed by atoms with van der Waals surface area (Å²) in [6.45, 7) is 1.85. The van der Waals surface area contributed by atoms with E-state index >= 15 is 0 Å². The molecular weight excluding hydrogens is 218 g/mol. The third-order valence-corrected chi connectivity index (χ3v) is 2.50.